The monoisotopic (exact) mass is 474 g/mol. The summed E-state index contributed by atoms with van der Waals surface area (Å²) in [5, 5.41) is 10.6. The van der Waals surface area contributed by atoms with E-state index in [1.807, 2.05) is 35.2 Å². The molecule has 0 radical (unpaired) electrons. The van der Waals surface area contributed by atoms with Crippen molar-refractivity contribution in [3.8, 4) is 5.75 Å². The van der Waals surface area contributed by atoms with Gasteiger partial charge in [0.25, 0.3) is 0 Å². The molecule has 4 rings (SSSR count). The first-order chi connectivity index (χ1) is 17.0. The molecular formula is C30H38N2O3. The number of aryl methyl sites for hydroxylation is 2. The summed E-state index contributed by atoms with van der Waals surface area (Å²) in [6, 6.07) is 14.3. The fourth-order valence-corrected chi connectivity index (χ4v) is 4.75. The number of likely N-dealkylation sites (tertiary alicyclic amines) is 1. The second kappa shape index (κ2) is 12.2. The lowest BCUT2D eigenvalue weighted by atomic mass is 9.96. The summed E-state index contributed by atoms with van der Waals surface area (Å²) in [4.78, 5) is 16.6. The van der Waals surface area contributed by atoms with Gasteiger partial charge in [0.05, 0.1) is 0 Å². The van der Waals surface area contributed by atoms with Gasteiger partial charge in [0.1, 0.15) is 18.5 Å². The molecule has 2 aromatic rings. The summed E-state index contributed by atoms with van der Waals surface area (Å²) < 4.78 is 5.96. The van der Waals surface area contributed by atoms with Gasteiger partial charge in [0.15, 0.2) is 0 Å². The van der Waals surface area contributed by atoms with Gasteiger partial charge in [-0.05, 0) is 73.9 Å². The van der Waals surface area contributed by atoms with Gasteiger partial charge in [-0.2, -0.15) is 0 Å². The van der Waals surface area contributed by atoms with Crippen LogP contribution in [-0.4, -0.2) is 66.2 Å². The van der Waals surface area contributed by atoms with E-state index >= 15 is 0 Å². The number of carbonyl (C=O) groups is 1. The lowest BCUT2D eigenvalue weighted by molar-refractivity contribution is -0.126. The summed E-state index contributed by atoms with van der Waals surface area (Å²) in [7, 11) is 0. The van der Waals surface area contributed by atoms with Crippen molar-refractivity contribution in [3.05, 3.63) is 76.9 Å². The average molecular weight is 475 g/mol. The molecule has 0 aliphatic carbocycles. The maximum absolute atomic E-state index is 12.5. The van der Waals surface area contributed by atoms with Gasteiger partial charge in [-0.15, -0.1) is 0 Å². The Morgan fingerprint density at radius 2 is 1.86 bits per heavy atom. The largest absolute Gasteiger partial charge is 0.490 e. The molecule has 35 heavy (non-hydrogen) atoms. The molecule has 5 nitrogen and oxygen atoms in total. The van der Waals surface area contributed by atoms with Crippen molar-refractivity contribution in [3.63, 3.8) is 0 Å². The van der Waals surface area contributed by atoms with E-state index in [2.05, 4.69) is 43.0 Å². The highest BCUT2D eigenvalue weighted by molar-refractivity contribution is 5.92. The topological polar surface area (TPSA) is 53.0 Å². The summed E-state index contributed by atoms with van der Waals surface area (Å²) in [6.07, 6.45) is 9.50. The fraction of sp³-hybridized carbons (Fsp3) is 0.433. The Labute approximate surface area is 209 Å². The van der Waals surface area contributed by atoms with E-state index in [1.54, 1.807) is 6.08 Å². The van der Waals surface area contributed by atoms with Gasteiger partial charge in [-0.1, -0.05) is 42.5 Å². The fourth-order valence-electron chi connectivity index (χ4n) is 4.75. The number of hydrogen-bond donors (Lipinski definition) is 1. The number of rotatable bonds is 8. The highest BCUT2D eigenvalue weighted by atomic mass is 16.5. The standard InChI is InChI=1S/C30H38N2O3/c1-23-10-11-27(20-24(23)2)25-14-18-31(19-15-25)21-28(33)22-35-29-9-5-4-8-26(29)12-13-30(34)32-16-6-3-7-17-32/h4-5,8-14,20,28,33H,3,6-7,15-19,21-22H2,1-2H3. The van der Waals surface area contributed by atoms with Crippen LogP contribution in [0.1, 0.15) is 47.9 Å². The molecule has 1 fully saturated rings. The molecule has 0 aromatic heterocycles. The van der Waals surface area contributed by atoms with Crippen molar-refractivity contribution in [1.29, 1.82) is 0 Å². The second-order valence-corrected chi connectivity index (χ2v) is 9.76. The zero-order chi connectivity index (χ0) is 24.6. The van der Waals surface area contributed by atoms with Crippen molar-refractivity contribution in [2.45, 2.75) is 45.6 Å². The van der Waals surface area contributed by atoms with Crippen LogP contribution in [0.15, 0.2) is 54.6 Å². The first kappa shape index (κ1) is 25.2. The van der Waals surface area contributed by atoms with E-state index in [4.69, 9.17) is 4.74 Å². The van der Waals surface area contributed by atoms with E-state index < -0.39 is 6.10 Å². The maximum atomic E-state index is 12.5. The van der Waals surface area contributed by atoms with Gasteiger partial charge in [-0.25, -0.2) is 0 Å². The number of piperidine rings is 1. The Morgan fingerprint density at radius 1 is 1.06 bits per heavy atom. The molecule has 2 aromatic carbocycles. The van der Waals surface area contributed by atoms with Crippen LogP contribution in [0.4, 0.5) is 0 Å². The first-order valence-electron chi connectivity index (χ1n) is 12.9. The van der Waals surface area contributed by atoms with Crippen LogP contribution >= 0.6 is 0 Å². The number of aliphatic hydroxyl groups excluding tert-OH is 1. The SMILES string of the molecule is Cc1ccc(C2=CCN(CC(O)COc3ccccc3C=CC(=O)N3CCCCC3)CC2)cc1C. The average Bonchev–Trinajstić information content (AvgIpc) is 2.89. The lowest BCUT2D eigenvalue weighted by Gasteiger charge is -2.28. The Bertz CT molecular complexity index is 1070. The van der Waals surface area contributed by atoms with E-state index in [0.717, 1.165) is 51.0 Å². The molecule has 2 heterocycles. The lowest BCUT2D eigenvalue weighted by Crippen LogP contribution is -2.38. The number of ether oxygens (including phenoxy) is 1. The maximum Gasteiger partial charge on any atom is 0.246 e. The van der Waals surface area contributed by atoms with Crippen LogP contribution in [0.2, 0.25) is 0 Å². The number of nitrogens with zero attached hydrogens (tertiary/aromatic N) is 2. The van der Waals surface area contributed by atoms with E-state index in [0.29, 0.717) is 12.3 Å². The van der Waals surface area contributed by atoms with Crippen LogP contribution in [0.3, 0.4) is 0 Å². The van der Waals surface area contributed by atoms with Crippen LogP contribution < -0.4 is 4.74 Å². The molecule has 0 bridgehead atoms. The van der Waals surface area contributed by atoms with Crippen molar-refractivity contribution in [1.82, 2.24) is 9.80 Å². The predicted molar refractivity (Wildman–Crippen MR) is 142 cm³/mol. The number of amides is 1. The zero-order valence-electron chi connectivity index (χ0n) is 21.1. The Hall–Kier alpha value is -2.89. The third-order valence-corrected chi connectivity index (χ3v) is 7.06. The van der Waals surface area contributed by atoms with Gasteiger partial charge in [0, 0.05) is 44.4 Å². The van der Waals surface area contributed by atoms with Crippen molar-refractivity contribution in [2.24, 2.45) is 0 Å². The molecule has 0 saturated carbocycles. The van der Waals surface area contributed by atoms with Crippen molar-refractivity contribution in [2.75, 3.05) is 39.3 Å². The molecule has 0 spiro atoms. The van der Waals surface area contributed by atoms with E-state index in [1.165, 1.54) is 28.7 Å². The van der Waals surface area contributed by atoms with E-state index in [9.17, 15) is 9.90 Å². The van der Waals surface area contributed by atoms with Gasteiger partial charge in [0.2, 0.25) is 5.91 Å². The van der Waals surface area contributed by atoms with Gasteiger partial charge < -0.3 is 14.7 Å². The van der Waals surface area contributed by atoms with E-state index in [-0.39, 0.29) is 12.5 Å². The smallest absolute Gasteiger partial charge is 0.246 e. The summed E-state index contributed by atoms with van der Waals surface area (Å²) >= 11 is 0. The molecule has 1 amide bonds. The van der Waals surface area contributed by atoms with Gasteiger partial charge >= 0.3 is 0 Å². The molecule has 186 valence electrons. The molecule has 1 saturated heterocycles. The van der Waals surface area contributed by atoms with Crippen LogP contribution in [0, 0.1) is 13.8 Å². The molecule has 1 unspecified atom stereocenters. The highest BCUT2D eigenvalue weighted by Gasteiger charge is 2.18. The predicted octanol–water partition coefficient (Wildman–Crippen LogP) is 4.86. The number of para-hydroxylation sites is 1. The Morgan fingerprint density at radius 3 is 2.60 bits per heavy atom. The molecule has 2 aliphatic heterocycles. The highest BCUT2D eigenvalue weighted by Crippen LogP contribution is 2.25. The van der Waals surface area contributed by atoms with Crippen molar-refractivity contribution < 1.29 is 14.6 Å². The minimum absolute atomic E-state index is 0.0536. The number of β-amino-alcohol motifs (C(OH)–C–C–N with tert-alkyl or cyclic N) is 1. The number of benzene rings is 2. The summed E-state index contributed by atoms with van der Waals surface area (Å²) in [6.45, 7) is 8.52. The molecule has 1 atom stereocenters. The second-order valence-electron chi connectivity index (χ2n) is 9.76. The summed E-state index contributed by atoms with van der Waals surface area (Å²) in [5.74, 6) is 0.739. The molecule has 2 aliphatic rings. The molecule has 1 N–H and O–H groups in total. The molecular weight excluding hydrogens is 436 g/mol. The number of aliphatic hydroxyl groups is 1. The molecule has 5 heteroatoms. The third-order valence-electron chi connectivity index (χ3n) is 7.06. The van der Waals surface area contributed by atoms with Gasteiger partial charge in [-0.3, -0.25) is 9.69 Å². The minimum atomic E-state index is -0.585. The Balaban J connectivity index is 1.27. The number of hydrogen-bond acceptors (Lipinski definition) is 4. The van der Waals surface area contributed by atoms with Crippen LogP contribution in [0.5, 0.6) is 5.75 Å². The quantitative estimate of drug-likeness (QED) is 0.556. The summed E-state index contributed by atoms with van der Waals surface area (Å²) in [5.41, 5.74) is 6.18. The Kier molecular flexibility index (Phi) is 8.78. The minimum Gasteiger partial charge on any atom is -0.490 e. The van der Waals surface area contributed by atoms with Crippen LogP contribution in [0.25, 0.3) is 11.6 Å². The first-order valence-corrected chi connectivity index (χ1v) is 12.9. The third kappa shape index (κ3) is 7.06. The number of carbonyl (C=O) groups excluding carboxylic acids is 1. The van der Waals surface area contributed by atoms with Crippen LogP contribution in [-0.2, 0) is 4.79 Å². The zero-order valence-corrected chi connectivity index (χ0v) is 21.1. The van der Waals surface area contributed by atoms with Crippen molar-refractivity contribution >= 4 is 17.6 Å². The normalized spacial score (nSPS) is 17.9.